The molecule has 0 radical (unpaired) electrons. The molecule has 0 saturated heterocycles. The Morgan fingerprint density at radius 1 is 0.618 bits per heavy atom. The molecule has 4 aromatic rings. The van der Waals surface area contributed by atoms with E-state index in [4.69, 9.17) is 9.99 Å². The van der Waals surface area contributed by atoms with Gasteiger partial charge in [-0.3, -0.25) is 0 Å². The summed E-state index contributed by atoms with van der Waals surface area (Å²) >= 11 is 0.251. The second-order valence-electron chi connectivity index (χ2n) is 8.29. The maximum absolute atomic E-state index is 6.11. The molecule has 0 bridgehead atoms. The predicted octanol–water partition coefficient (Wildman–Crippen LogP) is 5.83. The zero-order valence-electron chi connectivity index (χ0n) is 19.3. The standard InChI is InChI=1S/C30H30BrGeNO/c31-24-14-13-23-30(33-34-25-26-15-5-1-6-16-26)32(27-17-7-2-8-18-27,28-19-9-3-10-20-28)29-21-11-4-12-22-29/h1-12,15-22H,13-14,23-25H2/b33-30+. The Balaban J connectivity index is 1.89. The van der Waals surface area contributed by atoms with E-state index in [-0.39, 0.29) is 0 Å². The van der Waals surface area contributed by atoms with Gasteiger partial charge in [-0.05, 0) is 0 Å². The van der Waals surface area contributed by atoms with Crippen molar-refractivity contribution < 1.29 is 4.84 Å². The van der Waals surface area contributed by atoms with Crippen molar-refractivity contribution in [3.05, 3.63) is 127 Å². The fraction of sp³-hybridized carbons (Fsp3) is 0.167. The van der Waals surface area contributed by atoms with Crippen LogP contribution < -0.4 is 13.2 Å². The zero-order valence-corrected chi connectivity index (χ0v) is 23.0. The number of hydrogen-bond acceptors (Lipinski definition) is 2. The maximum atomic E-state index is 6.11. The summed E-state index contributed by atoms with van der Waals surface area (Å²) in [6.45, 7) is 0.472. The van der Waals surface area contributed by atoms with Gasteiger partial charge in [-0.15, -0.1) is 0 Å². The van der Waals surface area contributed by atoms with Crippen LogP contribution in [0.4, 0.5) is 0 Å². The third-order valence-corrected chi connectivity index (χ3v) is 16.7. The number of unbranched alkanes of at least 4 members (excludes halogenated alkanes) is 1. The number of benzene rings is 4. The van der Waals surface area contributed by atoms with Crippen molar-refractivity contribution in [1.82, 2.24) is 0 Å². The van der Waals surface area contributed by atoms with E-state index < -0.39 is 13.3 Å². The molecule has 0 unspecified atom stereocenters. The zero-order chi connectivity index (χ0) is 23.5. The van der Waals surface area contributed by atoms with Gasteiger partial charge in [0, 0.05) is 0 Å². The first-order chi connectivity index (χ1) is 16.9. The minimum atomic E-state index is -3.36. The molecule has 4 aromatic carbocycles. The van der Waals surface area contributed by atoms with Gasteiger partial charge in [0.1, 0.15) is 0 Å². The Kier molecular flexibility index (Phi) is 9.17. The Labute approximate surface area is 214 Å². The molecule has 0 saturated carbocycles. The van der Waals surface area contributed by atoms with Crippen LogP contribution in [-0.2, 0) is 11.4 Å². The van der Waals surface area contributed by atoms with Gasteiger partial charge in [0.25, 0.3) is 0 Å². The number of halogens is 1. The number of rotatable bonds is 11. The first kappa shape index (κ1) is 24.5. The third-order valence-electron chi connectivity index (χ3n) is 6.10. The summed E-state index contributed by atoms with van der Waals surface area (Å²) in [4.78, 5) is 6.11. The van der Waals surface area contributed by atoms with Gasteiger partial charge >= 0.3 is 215 Å². The molecular formula is C30H30BrGeNO. The van der Waals surface area contributed by atoms with Crippen molar-refractivity contribution in [3.8, 4) is 0 Å². The van der Waals surface area contributed by atoms with Crippen molar-refractivity contribution in [2.75, 3.05) is 5.33 Å². The second kappa shape index (κ2) is 12.7. The quantitative estimate of drug-likeness (QED) is 0.0728. The molecule has 0 aromatic heterocycles. The minimum absolute atomic E-state index is 0.472. The molecule has 4 heteroatoms. The molecule has 34 heavy (non-hydrogen) atoms. The van der Waals surface area contributed by atoms with Gasteiger partial charge in [-0.25, -0.2) is 0 Å². The third kappa shape index (κ3) is 5.71. The molecule has 0 amide bonds. The van der Waals surface area contributed by atoms with Gasteiger partial charge in [-0.1, -0.05) is 0 Å². The van der Waals surface area contributed by atoms with Crippen molar-refractivity contribution in [3.63, 3.8) is 0 Å². The van der Waals surface area contributed by atoms with E-state index >= 15 is 0 Å². The summed E-state index contributed by atoms with van der Waals surface area (Å²) < 4.78 is 5.34. The van der Waals surface area contributed by atoms with E-state index in [2.05, 4.69) is 119 Å². The van der Waals surface area contributed by atoms with Crippen molar-refractivity contribution in [1.29, 1.82) is 0 Å². The molecule has 0 fully saturated rings. The van der Waals surface area contributed by atoms with Crippen molar-refractivity contribution >= 4 is 46.9 Å². The van der Waals surface area contributed by atoms with E-state index in [0.717, 1.165) is 30.2 Å². The Morgan fingerprint density at radius 2 is 1.06 bits per heavy atom. The molecule has 0 heterocycles. The average molecular weight is 573 g/mol. The Morgan fingerprint density at radius 3 is 1.50 bits per heavy atom. The van der Waals surface area contributed by atoms with Crippen molar-refractivity contribution in [2.24, 2.45) is 5.16 Å². The van der Waals surface area contributed by atoms with E-state index in [9.17, 15) is 0 Å². The fourth-order valence-corrected chi connectivity index (χ4v) is 15.0. The van der Waals surface area contributed by atoms with Gasteiger partial charge in [0.15, 0.2) is 0 Å². The van der Waals surface area contributed by atoms with Gasteiger partial charge < -0.3 is 0 Å². The van der Waals surface area contributed by atoms with Crippen LogP contribution in [0.3, 0.4) is 0 Å². The van der Waals surface area contributed by atoms with Crippen LogP contribution in [0, 0.1) is 0 Å². The molecule has 172 valence electrons. The first-order valence-corrected chi connectivity index (χ1v) is 17.1. The van der Waals surface area contributed by atoms with E-state index in [1.54, 1.807) is 0 Å². The fourth-order valence-electron chi connectivity index (χ4n) is 4.51. The second-order valence-corrected chi connectivity index (χ2v) is 17.1. The Bertz CT molecular complexity index is 1050. The van der Waals surface area contributed by atoms with Crippen molar-refractivity contribution in [2.45, 2.75) is 25.9 Å². The van der Waals surface area contributed by atoms with Crippen LogP contribution in [0.25, 0.3) is 0 Å². The molecule has 4 rings (SSSR count). The topological polar surface area (TPSA) is 21.6 Å². The van der Waals surface area contributed by atoms with Crippen LogP contribution in [0.15, 0.2) is 126 Å². The number of hydrogen-bond donors (Lipinski definition) is 0. The molecule has 0 atom stereocenters. The van der Waals surface area contributed by atoms with Crippen LogP contribution in [0.5, 0.6) is 0 Å². The molecule has 0 aliphatic heterocycles. The average Bonchev–Trinajstić information content (AvgIpc) is 2.91. The van der Waals surface area contributed by atoms with Gasteiger partial charge in [-0.2, -0.15) is 0 Å². The first-order valence-electron chi connectivity index (χ1n) is 11.8. The van der Waals surface area contributed by atoms with Crippen LogP contribution in [0.1, 0.15) is 24.8 Å². The van der Waals surface area contributed by atoms with Gasteiger partial charge in [0.05, 0.1) is 0 Å². The number of nitrogens with zero attached hydrogens (tertiary/aromatic N) is 1. The summed E-state index contributed by atoms with van der Waals surface area (Å²) in [5.74, 6) is 0. The predicted molar refractivity (Wildman–Crippen MR) is 150 cm³/mol. The van der Waals surface area contributed by atoms with Crippen LogP contribution in [0.2, 0.25) is 0 Å². The summed E-state index contributed by atoms with van der Waals surface area (Å²) in [5.41, 5.74) is 1.13. The number of alkyl halides is 1. The summed E-state index contributed by atoms with van der Waals surface area (Å²) in [7, 11) is 0. The summed E-state index contributed by atoms with van der Waals surface area (Å²) in [6.07, 6.45) is 3.09. The van der Waals surface area contributed by atoms with E-state index in [1.807, 2.05) is 18.2 Å². The molecule has 0 N–H and O–H groups in total. The van der Waals surface area contributed by atoms with Gasteiger partial charge in [0.2, 0.25) is 0 Å². The van der Waals surface area contributed by atoms with Crippen LogP contribution in [-0.4, -0.2) is 23.1 Å². The monoisotopic (exact) mass is 573 g/mol. The summed E-state index contributed by atoms with van der Waals surface area (Å²) in [5, 5.41) is 5.97. The Hall–Kier alpha value is -2.63. The van der Waals surface area contributed by atoms with E-state index in [0.29, 0.717) is 6.61 Å². The van der Waals surface area contributed by atoms with E-state index in [1.165, 1.54) is 17.7 Å². The summed E-state index contributed by atoms with van der Waals surface area (Å²) in [6, 6.07) is 43.2. The van der Waals surface area contributed by atoms with Crippen LogP contribution >= 0.6 is 15.9 Å². The molecule has 0 aliphatic rings. The molecule has 2 nitrogen and oxygen atoms in total. The number of oxime groups is 1. The SMILES string of the molecule is BrCCCC/[C](=N\OCc1ccccc1)[Ge]([c]1ccccc1)([c]1ccccc1)[c]1ccccc1. The normalized spacial score (nSPS) is 11.9. The molecular weight excluding hydrogens is 543 g/mol. The molecule has 0 spiro atoms. The molecule has 0 aliphatic carbocycles.